The van der Waals surface area contributed by atoms with E-state index < -0.39 is 15.7 Å². The maximum Gasteiger partial charge on any atom is 0.290 e. The second kappa shape index (κ2) is 9.25. The van der Waals surface area contributed by atoms with Crippen LogP contribution in [0.5, 0.6) is 0 Å². The van der Waals surface area contributed by atoms with Crippen molar-refractivity contribution in [2.45, 2.75) is 42.9 Å². The second-order valence-corrected chi connectivity index (χ2v) is 9.59. The fourth-order valence-corrected chi connectivity index (χ4v) is 5.04. The third-order valence-corrected chi connectivity index (χ3v) is 6.88. The van der Waals surface area contributed by atoms with Gasteiger partial charge in [-0.3, -0.25) is 4.79 Å². The summed E-state index contributed by atoms with van der Waals surface area (Å²) in [5.41, 5.74) is 1.05. The lowest BCUT2D eigenvalue weighted by Crippen LogP contribution is -2.33. The molecular weight excluding hydrogens is 437 g/mol. The van der Waals surface area contributed by atoms with E-state index in [9.17, 15) is 17.6 Å². The van der Waals surface area contributed by atoms with Crippen LogP contribution in [0.4, 0.5) is 4.39 Å². The molecule has 10 heteroatoms. The Hall–Kier alpha value is -2.98. The van der Waals surface area contributed by atoms with Crippen LogP contribution in [0.3, 0.4) is 0 Å². The summed E-state index contributed by atoms with van der Waals surface area (Å²) < 4.78 is 51.4. The van der Waals surface area contributed by atoms with Gasteiger partial charge in [-0.05, 0) is 42.7 Å². The quantitative estimate of drug-likeness (QED) is 0.461. The zero-order chi connectivity index (χ0) is 22.7. The first kappa shape index (κ1) is 22.2. The minimum atomic E-state index is -3.82. The van der Waals surface area contributed by atoms with Gasteiger partial charge in [0.2, 0.25) is 15.0 Å². The van der Waals surface area contributed by atoms with Gasteiger partial charge in [-0.2, -0.15) is 0 Å². The molecule has 0 atom stereocenters. The van der Waals surface area contributed by atoms with E-state index in [0.717, 1.165) is 12.8 Å². The normalized spacial score (nSPS) is 13.9. The van der Waals surface area contributed by atoms with E-state index in [2.05, 4.69) is 4.98 Å². The van der Waals surface area contributed by atoms with Gasteiger partial charge in [0.25, 0.3) is 5.91 Å². The van der Waals surface area contributed by atoms with Crippen LogP contribution in [-0.2, 0) is 33.4 Å². The van der Waals surface area contributed by atoms with Crippen LogP contribution in [0, 0.1) is 5.82 Å². The summed E-state index contributed by atoms with van der Waals surface area (Å²) in [6.07, 6.45) is 4.70. The molecule has 2 aromatic heterocycles. The third-order valence-electron chi connectivity index (χ3n) is 5.28. The van der Waals surface area contributed by atoms with Gasteiger partial charge in [0, 0.05) is 19.7 Å². The Labute approximate surface area is 185 Å². The summed E-state index contributed by atoms with van der Waals surface area (Å²) in [4.78, 5) is 18.8. The van der Waals surface area contributed by atoms with Crippen LogP contribution in [0.1, 0.15) is 34.7 Å². The van der Waals surface area contributed by atoms with Crippen molar-refractivity contribution in [1.82, 2.24) is 14.5 Å². The van der Waals surface area contributed by atoms with Crippen LogP contribution in [0.25, 0.3) is 0 Å². The van der Waals surface area contributed by atoms with E-state index in [0.29, 0.717) is 11.3 Å². The van der Waals surface area contributed by atoms with E-state index in [1.54, 1.807) is 21.6 Å². The van der Waals surface area contributed by atoms with Crippen molar-refractivity contribution in [3.8, 4) is 0 Å². The fraction of sp³-hybridized carbons (Fsp3) is 0.364. The van der Waals surface area contributed by atoms with Crippen molar-refractivity contribution in [3.63, 3.8) is 0 Å². The van der Waals surface area contributed by atoms with Crippen LogP contribution < -0.4 is 0 Å². The highest BCUT2D eigenvalue weighted by Crippen LogP contribution is 2.30. The van der Waals surface area contributed by atoms with E-state index in [-0.39, 0.29) is 48.3 Å². The Bertz CT molecular complexity index is 1170. The summed E-state index contributed by atoms with van der Waals surface area (Å²) in [7, 11) is -2.29. The maximum absolute atomic E-state index is 13.2. The first-order valence-corrected chi connectivity index (χ1v) is 11.9. The molecule has 3 aromatic rings. The predicted molar refractivity (Wildman–Crippen MR) is 113 cm³/mol. The number of rotatable bonds is 10. The molecular formula is C22H24FN3O5S. The average Bonchev–Trinajstić information content (AvgIpc) is 3.29. The lowest BCUT2D eigenvalue weighted by atomic mass is 10.2. The van der Waals surface area contributed by atoms with Crippen LogP contribution in [0.15, 0.2) is 58.4 Å². The van der Waals surface area contributed by atoms with E-state index >= 15 is 0 Å². The molecule has 1 aromatic carbocycles. The number of hydrogen-bond acceptors (Lipinski definition) is 6. The highest BCUT2D eigenvalue weighted by atomic mass is 32.2. The van der Waals surface area contributed by atoms with Crippen LogP contribution >= 0.6 is 0 Å². The topological polar surface area (TPSA) is 94.6 Å². The number of ether oxygens (including phenoxy) is 1. The van der Waals surface area contributed by atoms with Crippen LogP contribution in [0.2, 0.25) is 0 Å². The van der Waals surface area contributed by atoms with Crippen molar-refractivity contribution in [2.24, 2.45) is 0 Å². The molecule has 0 aliphatic heterocycles. The first-order chi connectivity index (χ1) is 15.4. The minimum absolute atomic E-state index is 0.0812. The molecule has 0 bridgehead atoms. The number of imidazole rings is 1. The van der Waals surface area contributed by atoms with Gasteiger partial charge in [-0.25, -0.2) is 17.8 Å². The Morgan fingerprint density at radius 3 is 2.66 bits per heavy atom. The molecule has 0 saturated heterocycles. The molecule has 1 amide bonds. The van der Waals surface area contributed by atoms with Gasteiger partial charge in [0.05, 0.1) is 37.1 Å². The van der Waals surface area contributed by atoms with E-state index in [1.807, 2.05) is 0 Å². The minimum Gasteiger partial charge on any atom is -0.459 e. The molecule has 1 saturated carbocycles. The summed E-state index contributed by atoms with van der Waals surface area (Å²) in [6.45, 7) is 0.738. The van der Waals surface area contributed by atoms with Crippen LogP contribution in [-0.4, -0.2) is 48.5 Å². The van der Waals surface area contributed by atoms with Gasteiger partial charge in [-0.1, -0.05) is 12.1 Å². The second-order valence-electron chi connectivity index (χ2n) is 7.70. The molecule has 1 aliphatic carbocycles. The average molecular weight is 462 g/mol. The lowest BCUT2D eigenvalue weighted by Gasteiger charge is -2.22. The van der Waals surface area contributed by atoms with Gasteiger partial charge < -0.3 is 18.6 Å². The number of nitrogens with zero attached hydrogens (tertiary/aromatic N) is 3. The molecule has 0 unspecified atom stereocenters. The molecule has 170 valence electrons. The number of carbonyl (C=O) groups excluding carboxylic acids is 1. The number of aromatic nitrogens is 2. The highest BCUT2D eigenvalue weighted by Gasteiger charge is 2.35. The number of amides is 1. The van der Waals surface area contributed by atoms with Crippen molar-refractivity contribution < 1.29 is 26.8 Å². The molecule has 32 heavy (non-hydrogen) atoms. The number of sulfone groups is 1. The maximum atomic E-state index is 13.2. The molecule has 0 spiro atoms. The third kappa shape index (κ3) is 4.91. The zero-order valence-corrected chi connectivity index (χ0v) is 18.4. The number of hydrogen-bond donors (Lipinski definition) is 0. The molecule has 0 radical (unpaired) electrons. The molecule has 1 fully saturated rings. The summed E-state index contributed by atoms with van der Waals surface area (Å²) in [5, 5.41) is -0.102. The van der Waals surface area contributed by atoms with Crippen molar-refractivity contribution in [1.29, 1.82) is 0 Å². The summed E-state index contributed by atoms with van der Waals surface area (Å²) in [5.74, 6) is -0.748. The molecule has 4 rings (SSSR count). The summed E-state index contributed by atoms with van der Waals surface area (Å²) >= 11 is 0. The van der Waals surface area contributed by atoms with E-state index in [1.165, 1.54) is 43.8 Å². The monoisotopic (exact) mass is 461 g/mol. The number of halogens is 1. The van der Waals surface area contributed by atoms with Gasteiger partial charge in [-0.15, -0.1) is 0 Å². The predicted octanol–water partition coefficient (Wildman–Crippen LogP) is 3.04. The number of methoxy groups -OCH3 is 1. The Morgan fingerprint density at radius 2 is 2.03 bits per heavy atom. The molecule has 0 N–H and O–H groups in total. The first-order valence-electron chi connectivity index (χ1n) is 10.2. The van der Waals surface area contributed by atoms with E-state index in [4.69, 9.17) is 9.15 Å². The summed E-state index contributed by atoms with van der Waals surface area (Å²) in [6, 6.07) is 8.67. The highest BCUT2D eigenvalue weighted by molar-refractivity contribution is 7.90. The van der Waals surface area contributed by atoms with Gasteiger partial charge in [0.15, 0.2) is 5.76 Å². The fourth-order valence-electron chi connectivity index (χ4n) is 3.52. The van der Waals surface area contributed by atoms with Crippen molar-refractivity contribution >= 4 is 15.7 Å². The molecule has 1 aliphatic rings. The van der Waals surface area contributed by atoms with Crippen molar-refractivity contribution in [3.05, 3.63) is 71.7 Å². The Kier molecular flexibility index (Phi) is 6.43. The lowest BCUT2D eigenvalue weighted by molar-refractivity contribution is 0.0692. The van der Waals surface area contributed by atoms with Crippen molar-refractivity contribution in [2.75, 3.05) is 13.7 Å². The Balaban J connectivity index is 1.62. The Morgan fingerprint density at radius 1 is 1.28 bits per heavy atom. The van der Waals surface area contributed by atoms with Gasteiger partial charge >= 0.3 is 0 Å². The molecule has 2 heterocycles. The zero-order valence-electron chi connectivity index (χ0n) is 17.6. The van der Waals surface area contributed by atoms with Gasteiger partial charge in [0.1, 0.15) is 5.82 Å². The number of carbonyl (C=O) groups is 1. The smallest absolute Gasteiger partial charge is 0.290 e. The largest absolute Gasteiger partial charge is 0.459 e. The SMILES string of the molecule is COCCn1c(CN(C(=O)c2ccco2)C2CC2)cnc1S(=O)(=O)Cc1ccc(F)cc1. The standard InChI is InChI=1S/C22H24FN3O5S/c1-30-12-10-25-19(14-26(18-8-9-18)21(27)20-3-2-11-31-20)13-24-22(25)32(28,29)15-16-4-6-17(23)7-5-16/h2-7,11,13,18H,8-10,12,14-15H2,1H3. The number of furan rings is 1. The molecule has 8 nitrogen and oxygen atoms in total. The number of benzene rings is 1.